The zero-order chi connectivity index (χ0) is 23.0. The zero-order valence-corrected chi connectivity index (χ0v) is 19.4. The fourth-order valence-corrected chi connectivity index (χ4v) is 4.24. The third kappa shape index (κ3) is 6.08. The Kier molecular flexibility index (Phi) is 7.60. The first-order chi connectivity index (χ1) is 16.8. The Morgan fingerprint density at radius 2 is 1.62 bits per heavy atom. The summed E-state index contributed by atoms with van der Waals surface area (Å²) >= 11 is 0. The van der Waals surface area contributed by atoms with E-state index in [2.05, 4.69) is 67.5 Å². The number of pyridine rings is 1. The van der Waals surface area contributed by atoms with Gasteiger partial charge in [0, 0.05) is 50.5 Å². The molecule has 2 aromatic carbocycles. The molecule has 0 bridgehead atoms. The van der Waals surface area contributed by atoms with Crippen LogP contribution in [0, 0.1) is 0 Å². The van der Waals surface area contributed by atoms with Gasteiger partial charge in [0.15, 0.2) is 5.82 Å². The summed E-state index contributed by atoms with van der Waals surface area (Å²) in [5, 5.41) is 11.3. The molecule has 178 valence electrons. The third-order valence-corrected chi connectivity index (χ3v) is 6.15. The summed E-state index contributed by atoms with van der Waals surface area (Å²) in [6.45, 7) is 8.50. The van der Waals surface area contributed by atoms with Gasteiger partial charge in [-0.2, -0.15) is 10.1 Å². The van der Waals surface area contributed by atoms with Crippen molar-refractivity contribution in [3.8, 4) is 5.88 Å². The molecule has 2 aliphatic rings. The molecule has 2 aliphatic heterocycles. The van der Waals surface area contributed by atoms with Gasteiger partial charge in [0.25, 0.3) is 0 Å². The van der Waals surface area contributed by atoms with Gasteiger partial charge in [-0.3, -0.25) is 4.90 Å². The summed E-state index contributed by atoms with van der Waals surface area (Å²) in [5.74, 6) is 1.14. The number of nitrogens with zero attached hydrogens (tertiary/aromatic N) is 5. The van der Waals surface area contributed by atoms with E-state index in [0.29, 0.717) is 38.1 Å². The Hall–Kier alpha value is -3.07. The minimum Gasteiger partial charge on any atom is -0.476 e. The Balaban J connectivity index is 1.28. The molecule has 3 heterocycles. The lowest BCUT2D eigenvalue weighted by Crippen LogP contribution is -2.38. The number of morpholine rings is 2. The molecule has 0 atom stereocenters. The molecule has 2 saturated heterocycles. The minimum absolute atomic E-state index is 0.502. The highest BCUT2D eigenvalue weighted by Crippen LogP contribution is 2.27. The van der Waals surface area contributed by atoms with Crippen LogP contribution in [0.5, 0.6) is 5.88 Å². The smallest absolute Gasteiger partial charge is 0.217 e. The highest BCUT2D eigenvalue weighted by molar-refractivity contribution is 5.82. The number of rotatable bonds is 8. The van der Waals surface area contributed by atoms with Gasteiger partial charge >= 0.3 is 0 Å². The van der Waals surface area contributed by atoms with Gasteiger partial charge in [-0.15, -0.1) is 5.11 Å². The Bertz CT molecular complexity index is 1110. The monoisotopic (exact) mass is 461 g/mol. The van der Waals surface area contributed by atoms with Gasteiger partial charge in [-0.25, -0.2) is 0 Å². The van der Waals surface area contributed by atoms with Crippen LogP contribution in [0.3, 0.4) is 0 Å². The molecular weight excluding hydrogens is 430 g/mol. The van der Waals surface area contributed by atoms with Crippen LogP contribution in [0.1, 0.15) is 5.56 Å². The fourth-order valence-electron chi connectivity index (χ4n) is 4.24. The van der Waals surface area contributed by atoms with Crippen LogP contribution >= 0.6 is 0 Å². The summed E-state index contributed by atoms with van der Waals surface area (Å²) in [6.07, 6.45) is 0. The molecule has 0 unspecified atom stereocenters. The standard InChI is InChI=1S/C26H31N5O3/c1-2-4-23-17-21(5-6-22(23)3-1)20-27-29-25-18-24(31-10-14-33-15-11-31)19-26(28-25)34-16-9-30-7-12-32-13-8-30/h1-6,17-19H,7-16,20H2. The number of anilines is 1. The number of hydrogen-bond donors (Lipinski definition) is 0. The second kappa shape index (κ2) is 11.4. The number of fused-ring (bicyclic) bond motifs is 1. The molecule has 1 aromatic heterocycles. The van der Waals surface area contributed by atoms with Crippen molar-refractivity contribution >= 4 is 22.3 Å². The zero-order valence-electron chi connectivity index (χ0n) is 19.4. The lowest BCUT2D eigenvalue weighted by Gasteiger charge is -2.29. The van der Waals surface area contributed by atoms with E-state index in [1.807, 2.05) is 12.1 Å². The fraction of sp³-hybridized carbons (Fsp3) is 0.423. The van der Waals surface area contributed by atoms with E-state index in [4.69, 9.17) is 14.2 Å². The molecule has 8 heteroatoms. The summed E-state index contributed by atoms with van der Waals surface area (Å²) in [6, 6.07) is 18.7. The van der Waals surface area contributed by atoms with Gasteiger partial charge in [0.1, 0.15) is 6.61 Å². The molecule has 8 nitrogen and oxygen atoms in total. The maximum absolute atomic E-state index is 6.04. The van der Waals surface area contributed by atoms with E-state index in [1.165, 1.54) is 10.8 Å². The van der Waals surface area contributed by atoms with Crippen molar-refractivity contribution in [3.05, 3.63) is 60.2 Å². The van der Waals surface area contributed by atoms with Gasteiger partial charge in [-0.05, 0) is 22.4 Å². The SMILES string of the molecule is c1ccc2cc(CN=Nc3cc(N4CCOCC4)cc(OCCN4CCOCC4)n3)ccc2c1. The third-order valence-electron chi connectivity index (χ3n) is 6.15. The van der Waals surface area contributed by atoms with Crippen molar-refractivity contribution in [1.29, 1.82) is 0 Å². The second-order valence-corrected chi connectivity index (χ2v) is 8.50. The molecule has 0 saturated carbocycles. The minimum atomic E-state index is 0.502. The van der Waals surface area contributed by atoms with Crippen LogP contribution < -0.4 is 9.64 Å². The maximum atomic E-state index is 6.04. The number of benzene rings is 2. The summed E-state index contributed by atoms with van der Waals surface area (Å²) in [5.41, 5.74) is 2.16. The summed E-state index contributed by atoms with van der Waals surface area (Å²) in [4.78, 5) is 9.24. The van der Waals surface area contributed by atoms with Crippen molar-refractivity contribution in [1.82, 2.24) is 9.88 Å². The normalized spacial score (nSPS) is 17.5. The predicted molar refractivity (Wildman–Crippen MR) is 132 cm³/mol. The summed E-state index contributed by atoms with van der Waals surface area (Å²) < 4.78 is 17.0. The first kappa shape index (κ1) is 22.7. The van der Waals surface area contributed by atoms with Crippen molar-refractivity contribution in [3.63, 3.8) is 0 Å². The predicted octanol–water partition coefficient (Wildman–Crippen LogP) is 4.07. The Morgan fingerprint density at radius 1 is 0.853 bits per heavy atom. The van der Waals surface area contributed by atoms with E-state index in [-0.39, 0.29) is 0 Å². The van der Waals surface area contributed by atoms with Crippen LogP contribution in [0.2, 0.25) is 0 Å². The molecule has 0 amide bonds. The lowest BCUT2D eigenvalue weighted by molar-refractivity contribution is 0.0320. The van der Waals surface area contributed by atoms with E-state index in [1.54, 1.807) is 0 Å². The van der Waals surface area contributed by atoms with Crippen LogP contribution in [0.25, 0.3) is 10.8 Å². The molecule has 0 spiro atoms. The number of hydrogen-bond acceptors (Lipinski definition) is 8. The molecule has 5 rings (SSSR count). The van der Waals surface area contributed by atoms with E-state index in [0.717, 1.165) is 57.2 Å². The molecular formula is C26H31N5O3. The Labute approximate surface area is 200 Å². The van der Waals surface area contributed by atoms with Gasteiger partial charge in [-0.1, -0.05) is 36.4 Å². The van der Waals surface area contributed by atoms with Crippen molar-refractivity contribution in [2.75, 3.05) is 70.7 Å². The van der Waals surface area contributed by atoms with Gasteiger partial charge < -0.3 is 19.1 Å². The highest BCUT2D eigenvalue weighted by atomic mass is 16.5. The maximum Gasteiger partial charge on any atom is 0.217 e. The van der Waals surface area contributed by atoms with Crippen molar-refractivity contribution in [2.45, 2.75) is 6.54 Å². The topological polar surface area (TPSA) is 71.8 Å². The second-order valence-electron chi connectivity index (χ2n) is 8.50. The van der Waals surface area contributed by atoms with Crippen LogP contribution in [-0.4, -0.2) is 75.6 Å². The first-order valence-corrected chi connectivity index (χ1v) is 12.0. The molecule has 0 radical (unpaired) electrons. The van der Waals surface area contributed by atoms with Crippen LogP contribution in [-0.2, 0) is 16.0 Å². The first-order valence-electron chi connectivity index (χ1n) is 12.0. The average molecular weight is 462 g/mol. The van der Waals surface area contributed by atoms with E-state index >= 15 is 0 Å². The molecule has 0 aliphatic carbocycles. The summed E-state index contributed by atoms with van der Waals surface area (Å²) in [7, 11) is 0. The lowest BCUT2D eigenvalue weighted by atomic mass is 10.1. The van der Waals surface area contributed by atoms with Gasteiger partial charge in [0.05, 0.1) is 33.0 Å². The highest BCUT2D eigenvalue weighted by Gasteiger charge is 2.15. The largest absolute Gasteiger partial charge is 0.476 e. The Morgan fingerprint density at radius 3 is 2.44 bits per heavy atom. The van der Waals surface area contributed by atoms with Crippen molar-refractivity contribution in [2.24, 2.45) is 10.2 Å². The van der Waals surface area contributed by atoms with Crippen molar-refractivity contribution < 1.29 is 14.2 Å². The van der Waals surface area contributed by atoms with Gasteiger partial charge in [0.2, 0.25) is 5.88 Å². The molecule has 3 aromatic rings. The molecule has 34 heavy (non-hydrogen) atoms. The van der Waals surface area contributed by atoms with Crippen LogP contribution in [0.15, 0.2) is 64.8 Å². The number of ether oxygens (including phenoxy) is 3. The van der Waals surface area contributed by atoms with Crippen LogP contribution in [0.4, 0.5) is 11.5 Å². The molecule has 2 fully saturated rings. The van der Waals surface area contributed by atoms with E-state index < -0.39 is 0 Å². The average Bonchev–Trinajstić information content (AvgIpc) is 2.90. The van der Waals surface area contributed by atoms with E-state index in [9.17, 15) is 0 Å². The quantitative estimate of drug-likeness (QED) is 0.471. The number of azo groups is 1. The number of aromatic nitrogens is 1. The molecule has 0 N–H and O–H groups in total.